The van der Waals surface area contributed by atoms with Crippen molar-refractivity contribution in [3.63, 3.8) is 0 Å². The summed E-state index contributed by atoms with van der Waals surface area (Å²) in [7, 11) is 0. The summed E-state index contributed by atoms with van der Waals surface area (Å²) in [6, 6.07) is 0. The van der Waals surface area contributed by atoms with Crippen LogP contribution in [0.2, 0.25) is 0 Å². The number of hydrogen-bond acceptors (Lipinski definition) is 3. The number of carbonyl (C=O) groups is 3. The molecule has 0 aliphatic carbocycles. The van der Waals surface area contributed by atoms with Gasteiger partial charge in [-0.1, -0.05) is 79.8 Å². The molecule has 0 saturated carbocycles. The van der Waals surface area contributed by atoms with Crippen molar-refractivity contribution in [1.29, 1.82) is 0 Å². The molecule has 192 valence electrons. The lowest BCUT2D eigenvalue weighted by molar-refractivity contribution is -0.131. The number of allylic oxidation sites excluding steroid dienone is 12. The van der Waals surface area contributed by atoms with E-state index in [-0.39, 0.29) is 5.91 Å². The molecule has 0 radical (unpaired) electrons. The van der Waals surface area contributed by atoms with Gasteiger partial charge in [0.25, 0.3) is 0 Å². The maximum atomic E-state index is 11.8. The summed E-state index contributed by atoms with van der Waals surface area (Å²) in [4.78, 5) is 33.3. The maximum absolute atomic E-state index is 11.8. The highest BCUT2D eigenvalue weighted by Crippen LogP contribution is 1.98. The van der Waals surface area contributed by atoms with E-state index in [0.29, 0.717) is 32.4 Å². The Labute approximate surface area is 211 Å². The summed E-state index contributed by atoms with van der Waals surface area (Å²) < 4.78 is 0. The number of nitrogens with one attached hydrogen (secondary N) is 2. The average molecular weight is 483 g/mol. The number of carboxylic acids is 1. The van der Waals surface area contributed by atoms with Gasteiger partial charge in [0.15, 0.2) is 0 Å². The first-order valence-electron chi connectivity index (χ1n) is 12.4. The van der Waals surface area contributed by atoms with Gasteiger partial charge >= 0.3 is 5.97 Å². The van der Waals surface area contributed by atoms with Crippen molar-refractivity contribution in [2.24, 2.45) is 0 Å². The van der Waals surface area contributed by atoms with Gasteiger partial charge in [-0.15, -0.1) is 0 Å². The molecule has 2 amide bonds. The molecule has 0 rings (SSSR count). The molecule has 0 atom stereocenters. The zero-order valence-corrected chi connectivity index (χ0v) is 21.0. The number of carbonyl (C=O) groups excluding carboxylic acids is 2. The Morgan fingerprint density at radius 1 is 0.629 bits per heavy atom. The molecular formula is C29H42N2O4. The quantitative estimate of drug-likeness (QED) is 0.117. The van der Waals surface area contributed by atoms with Crippen molar-refractivity contribution in [1.82, 2.24) is 10.6 Å². The Kier molecular flexibility index (Phi) is 22.8. The van der Waals surface area contributed by atoms with Crippen molar-refractivity contribution >= 4 is 17.8 Å². The molecule has 0 aromatic heterocycles. The third-order valence-electron chi connectivity index (χ3n) is 4.49. The van der Waals surface area contributed by atoms with Crippen molar-refractivity contribution < 1.29 is 19.5 Å². The molecule has 3 N–H and O–H groups in total. The molecule has 0 aromatic rings. The Balaban J connectivity index is 3.62. The number of rotatable bonds is 20. The molecule has 35 heavy (non-hydrogen) atoms. The smallest absolute Gasteiger partial charge is 0.328 e. The van der Waals surface area contributed by atoms with Crippen molar-refractivity contribution in [2.75, 3.05) is 13.1 Å². The minimum Gasteiger partial charge on any atom is -0.478 e. The SMILES string of the molecule is CCC=CCC=CCC=CCC=CCC=CCC=CCCC(=O)NCCCNC(=O)C=CC(=O)O. The molecule has 0 unspecified atom stereocenters. The highest BCUT2D eigenvalue weighted by Gasteiger charge is 1.99. The van der Waals surface area contributed by atoms with Gasteiger partial charge in [-0.05, 0) is 51.4 Å². The fraction of sp³-hybridized carbons (Fsp3) is 0.414. The molecule has 0 aliphatic rings. The van der Waals surface area contributed by atoms with Gasteiger partial charge in [0, 0.05) is 31.7 Å². The van der Waals surface area contributed by atoms with E-state index in [4.69, 9.17) is 5.11 Å². The zero-order chi connectivity index (χ0) is 25.8. The third-order valence-corrected chi connectivity index (χ3v) is 4.49. The van der Waals surface area contributed by atoms with Gasteiger partial charge in [-0.25, -0.2) is 4.79 Å². The van der Waals surface area contributed by atoms with Crippen LogP contribution in [0.5, 0.6) is 0 Å². The van der Waals surface area contributed by atoms with E-state index in [1.165, 1.54) is 0 Å². The van der Waals surface area contributed by atoms with E-state index in [9.17, 15) is 14.4 Å². The summed E-state index contributed by atoms with van der Waals surface area (Å²) >= 11 is 0. The lowest BCUT2D eigenvalue weighted by atomic mass is 10.2. The highest BCUT2D eigenvalue weighted by molar-refractivity contribution is 5.93. The van der Waals surface area contributed by atoms with Gasteiger partial charge in [0.05, 0.1) is 0 Å². The third kappa shape index (κ3) is 26.7. The van der Waals surface area contributed by atoms with Crippen molar-refractivity contribution in [2.45, 2.75) is 64.7 Å². The van der Waals surface area contributed by atoms with Crippen LogP contribution in [0.15, 0.2) is 85.1 Å². The Morgan fingerprint density at radius 2 is 1.09 bits per heavy atom. The van der Waals surface area contributed by atoms with Gasteiger partial charge in [0.2, 0.25) is 11.8 Å². The Hall–Kier alpha value is -3.41. The molecule has 0 saturated heterocycles. The summed E-state index contributed by atoms with van der Waals surface area (Å²) in [5, 5.41) is 13.8. The van der Waals surface area contributed by atoms with Crippen LogP contribution in [0.4, 0.5) is 0 Å². The largest absolute Gasteiger partial charge is 0.478 e. The van der Waals surface area contributed by atoms with E-state index in [1.54, 1.807) is 0 Å². The summed E-state index contributed by atoms with van der Waals surface area (Å²) in [6.07, 6.45) is 35.1. The predicted molar refractivity (Wildman–Crippen MR) is 145 cm³/mol. The molecule has 0 bridgehead atoms. The van der Waals surface area contributed by atoms with E-state index in [0.717, 1.165) is 50.7 Å². The summed E-state index contributed by atoms with van der Waals surface area (Å²) in [6.45, 7) is 2.98. The second-order valence-corrected chi connectivity index (χ2v) is 7.62. The van der Waals surface area contributed by atoms with Gasteiger partial charge in [0.1, 0.15) is 0 Å². The van der Waals surface area contributed by atoms with E-state index >= 15 is 0 Å². The first-order chi connectivity index (χ1) is 17.1. The standard InChI is InChI=1S/C29H42N2O4/c1-2-3-4-5-6-7-8-9-10-11-12-13-14-15-16-17-18-19-20-22-27(32)30-25-21-26-31-28(33)23-24-29(34)35/h3-4,6-7,9-10,12-13,15-16,18-19,23-24H,2,5,8,11,14,17,20-22,25-26H2,1H3,(H,30,32)(H,31,33)(H,34,35). The van der Waals surface area contributed by atoms with Gasteiger partial charge in [-0.2, -0.15) is 0 Å². The normalized spacial score (nSPS) is 12.5. The second-order valence-electron chi connectivity index (χ2n) is 7.62. The van der Waals surface area contributed by atoms with E-state index < -0.39 is 11.9 Å². The van der Waals surface area contributed by atoms with E-state index in [1.807, 2.05) is 6.08 Å². The minimum atomic E-state index is -1.17. The Bertz CT molecular complexity index is 787. The topological polar surface area (TPSA) is 95.5 Å². The molecular weight excluding hydrogens is 440 g/mol. The molecule has 0 heterocycles. The molecule has 6 heteroatoms. The molecule has 6 nitrogen and oxygen atoms in total. The van der Waals surface area contributed by atoms with Crippen LogP contribution in [-0.2, 0) is 14.4 Å². The average Bonchev–Trinajstić information content (AvgIpc) is 2.84. The summed E-state index contributed by atoms with van der Waals surface area (Å²) in [5.41, 5.74) is 0. The zero-order valence-electron chi connectivity index (χ0n) is 21.0. The maximum Gasteiger partial charge on any atom is 0.328 e. The first kappa shape index (κ1) is 31.6. The first-order valence-corrected chi connectivity index (χ1v) is 12.4. The van der Waals surface area contributed by atoms with Crippen LogP contribution in [0, 0.1) is 0 Å². The van der Waals surface area contributed by atoms with Crippen molar-refractivity contribution in [3.8, 4) is 0 Å². The fourth-order valence-corrected chi connectivity index (χ4v) is 2.68. The predicted octanol–water partition coefficient (Wildman–Crippen LogP) is 5.73. The second kappa shape index (κ2) is 25.2. The monoisotopic (exact) mass is 482 g/mol. The van der Waals surface area contributed by atoms with Crippen LogP contribution in [0.25, 0.3) is 0 Å². The molecule has 0 aliphatic heterocycles. The number of carboxylic acid groups (broad SMARTS) is 1. The van der Waals surface area contributed by atoms with Gasteiger partial charge < -0.3 is 15.7 Å². The van der Waals surface area contributed by atoms with Crippen LogP contribution >= 0.6 is 0 Å². The van der Waals surface area contributed by atoms with Crippen LogP contribution in [0.3, 0.4) is 0 Å². The lowest BCUT2D eigenvalue weighted by Gasteiger charge is -2.04. The lowest BCUT2D eigenvalue weighted by Crippen LogP contribution is -2.29. The van der Waals surface area contributed by atoms with Crippen LogP contribution in [0.1, 0.15) is 64.7 Å². The number of amides is 2. The van der Waals surface area contributed by atoms with Crippen molar-refractivity contribution in [3.05, 3.63) is 85.1 Å². The van der Waals surface area contributed by atoms with E-state index in [2.05, 4.69) is 84.4 Å². The summed E-state index contributed by atoms with van der Waals surface area (Å²) in [5.74, 6) is -1.66. The molecule has 0 fully saturated rings. The number of hydrogen-bond donors (Lipinski definition) is 3. The Morgan fingerprint density at radius 3 is 1.57 bits per heavy atom. The molecule has 0 aromatic carbocycles. The van der Waals surface area contributed by atoms with Gasteiger partial charge in [-0.3, -0.25) is 9.59 Å². The molecule has 0 spiro atoms. The highest BCUT2D eigenvalue weighted by atomic mass is 16.4. The number of aliphatic carboxylic acids is 1. The fourth-order valence-electron chi connectivity index (χ4n) is 2.68. The minimum absolute atomic E-state index is 0.0263. The van der Waals surface area contributed by atoms with Crippen LogP contribution in [-0.4, -0.2) is 36.0 Å². The van der Waals surface area contributed by atoms with Crippen LogP contribution < -0.4 is 10.6 Å².